The number of rotatable bonds is 2. The van der Waals surface area contributed by atoms with Crippen molar-refractivity contribution in [2.45, 2.75) is 24.9 Å². The van der Waals surface area contributed by atoms with Gasteiger partial charge in [-0.3, -0.25) is 4.79 Å². The molecule has 1 aliphatic carbocycles. The molecule has 0 unspecified atom stereocenters. The third-order valence-corrected chi connectivity index (χ3v) is 3.37. The van der Waals surface area contributed by atoms with Crippen molar-refractivity contribution in [2.24, 2.45) is 5.73 Å². The number of nitrogens with two attached hydrogens (primary N) is 1. The van der Waals surface area contributed by atoms with E-state index in [2.05, 4.69) is 21.2 Å². The molecule has 0 radical (unpaired) electrons. The average molecular weight is 287 g/mol. The molecule has 86 valence electrons. The zero-order valence-corrected chi connectivity index (χ0v) is 10.1. The van der Waals surface area contributed by atoms with Crippen LogP contribution in [0.2, 0.25) is 0 Å². The van der Waals surface area contributed by atoms with Gasteiger partial charge >= 0.3 is 0 Å². The Morgan fingerprint density at radius 1 is 1.50 bits per heavy atom. The number of benzene rings is 1. The van der Waals surface area contributed by atoms with Crippen molar-refractivity contribution in [1.29, 1.82) is 0 Å². The maximum absolute atomic E-state index is 13.0. The first-order chi connectivity index (χ1) is 7.56. The molecule has 1 aromatic rings. The van der Waals surface area contributed by atoms with Crippen LogP contribution in [-0.2, 0) is 0 Å². The molecular weight excluding hydrogens is 275 g/mol. The highest BCUT2D eigenvalue weighted by Gasteiger charge is 2.27. The zero-order valence-electron chi connectivity index (χ0n) is 8.54. The van der Waals surface area contributed by atoms with Crippen molar-refractivity contribution >= 4 is 21.8 Å². The molecule has 3 N–H and O–H groups in total. The van der Waals surface area contributed by atoms with E-state index in [1.54, 1.807) is 0 Å². The summed E-state index contributed by atoms with van der Waals surface area (Å²) in [4.78, 5) is 11.8. The van der Waals surface area contributed by atoms with E-state index in [0.717, 1.165) is 12.8 Å². The van der Waals surface area contributed by atoms with Gasteiger partial charge in [0.1, 0.15) is 5.82 Å². The summed E-state index contributed by atoms with van der Waals surface area (Å²) in [5.41, 5.74) is 5.94. The minimum Gasteiger partial charge on any atom is -0.349 e. The van der Waals surface area contributed by atoms with Crippen LogP contribution in [0, 0.1) is 5.82 Å². The van der Waals surface area contributed by atoms with Crippen molar-refractivity contribution in [1.82, 2.24) is 5.32 Å². The van der Waals surface area contributed by atoms with Crippen molar-refractivity contribution < 1.29 is 9.18 Å². The van der Waals surface area contributed by atoms with Crippen LogP contribution in [0.3, 0.4) is 0 Å². The van der Waals surface area contributed by atoms with E-state index in [4.69, 9.17) is 5.73 Å². The fourth-order valence-electron chi connectivity index (χ4n) is 1.71. The molecule has 1 saturated carbocycles. The van der Waals surface area contributed by atoms with Gasteiger partial charge in [0.15, 0.2) is 0 Å². The standard InChI is InChI=1S/C11H12BrFN2O/c12-10-2-1-6(13)3-9(10)11(16)15-8-4-7(14)5-8/h1-3,7-8H,4-5,14H2,(H,15,16). The fourth-order valence-corrected chi connectivity index (χ4v) is 2.14. The van der Waals surface area contributed by atoms with Gasteiger partial charge in [-0.1, -0.05) is 0 Å². The Bertz CT molecular complexity index is 418. The van der Waals surface area contributed by atoms with Gasteiger partial charge in [0.25, 0.3) is 5.91 Å². The molecule has 2 rings (SSSR count). The quantitative estimate of drug-likeness (QED) is 0.871. The molecule has 0 saturated heterocycles. The molecule has 5 heteroatoms. The molecule has 1 fully saturated rings. The highest BCUT2D eigenvalue weighted by molar-refractivity contribution is 9.10. The molecule has 1 amide bonds. The van der Waals surface area contributed by atoms with Gasteiger partial charge in [-0.2, -0.15) is 0 Å². The summed E-state index contributed by atoms with van der Waals surface area (Å²) in [5.74, 6) is -0.679. The third-order valence-electron chi connectivity index (χ3n) is 2.68. The van der Waals surface area contributed by atoms with Crippen molar-refractivity contribution in [3.05, 3.63) is 34.1 Å². The Hall–Kier alpha value is -0.940. The van der Waals surface area contributed by atoms with E-state index in [-0.39, 0.29) is 18.0 Å². The van der Waals surface area contributed by atoms with Crippen molar-refractivity contribution in [3.8, 4) is 0 Å². The number of carbonyl (C=O) groups excluding carboxylic acids is 1. The van der Waals surface area contributed by atoms with Gasteiger partial charge in [-0.05, 0) is 47.0 Å². The van der Waals surface area contributed by atoms with E-state index in [0.29, 0.717) is 10.0 Å². The van der Waals surface area contributed by atoms with E-state index in [9.17, 15) is 9.18 Å². The highest BCUT2D eigenvalue weighted by atomic mass is 79.9. The van der Waals surface area contributed by atoms with Gasteiger partial charge in [-0.25, -0.2) is 4.39 Å². The minimum atomic E-state index is -0.418. The Morgan fingerprint density at radius 3 is 2.81 bits per heavy atom. The first-order valence-electron chi connectivity index (χ1n) is 5.08. The summed E-state index contributed by atoms with van der Waals surface area (Å²) in [6.07, 6.45) is 1.58. The molecule has 0 heterocycles. The highest BCUT2D eigenvalue weighted by Crippen LogP contribution is 2.21. The Kier molecular flexibility index (Phi) is 3.25. The second kappa shape index (κ2) is 4.51. The van der Waals surface area contributed by atoms with Crippen LogP contribution in [0.4, 0.5) is 4.39 Å². The lowest BCUT2D eigenvalue weighted by atomic mass is 9.87. The molecule has 1 aliphatic rings. The fraction of sp³-hybridized carbons (Fsp3) is 0.364. The average Bonchev–Trinajstić information content (AvgIpc) is 2.19. The lowest BCUT2D eigenvalue weighted by Crippen LogP contribution is -2.50. The van der Waals surface area contributed by atoms with Gasteiger partial charge in [0.05, 0.1) is 5.56 Å². The van der Waals surface area contributed by atoms with Crippen LogP contribution in [0.25, 0.3) is 0 Å². The van der Waals surface area contributed by atoms with Crippen LogP contribution in [0.1, 0.15) is 23.2 Å². The Balaban J connectivity index is 2.05. The second-order valence-electron chi connectivity index (χ2n) is 4.03. The molecular formula is C11H12BrFN2O. The predicted octanol–water partition coefficient (Wildman–Crippen LogP) is 1.81. The lowest BCUT2D eigenvalue weighted by Gasteiger charge is -2.33. The number of hydrogen-bond acceptors (Lipinski definition) is 2. The summed E-state index contributed by atoms with van der Waals surface area (Å²) < 4.78 is 13.6. The second-order valence-corrected chi connectivity index (χ2v) is 4.88. The molecule has 3 nitrogen and oxygen atoms in total. The van der Waals surface area contributed by atoms with Gasteiger partial charge in [-0.15, -0.1) is 0 Å². The predicted molar refractivity (Wildman–Crippen MR) is 62.6 cm³/mol. The van der Waals surface area contributed by atoms with E-state index < -0.39 is 5.82 Å². The maximum atomic E-state index is 13.0. The van der Waals surface area contributed by atoms with Crippen LogP contribution >= 0.6 is 15.9 Å². The van der Waals surface area contributed by atoms with E-state index in [1.165, 1.54) is 18.2 Å². The summed E-state index contributed by atoms with van der Waals surface area (Å²) in [6.45, 7) is 0. The number of nitrogens with one attached hydrogen (secondary N) is 1. The molecule has 0 bridgehead atoms. The number of halogens is 2. The van der Waals surface area contributed by atoms with E-state index in [1.807, 2.05) is 0 Å². The largest absolute Gasteiger partial charge is 0.349 e. The van der Waals surface area contributed by atoms with Crippen molar-refractivity contribution in [2.75, 3.05) is 0 Å². The molecule has 0 aromatic heterocycles. The van der Waals surface area contributed by atoms with Gasteiger partial charge < -0.3 is 11.1 Å². The Labute approximate surface area is 101 Å². The molecule has 1 aromatic carbocycles. The van der Waals surface area contributed by atoms with Gasteiger partial charge in [0, 0.05) is 16.6 Å². The SMILES string of the molecule is NC1CC(NC(=O)c2cc(F)ccc2Br)C1. The van der Waals surface area contributed by atoms with Crippen LogP contribution in [0.5, 0.6) is 0 Å². The third kappa shape index (κ3) is 2.41. The van der Waals surface area contributed by atoms with Gasteiger partial charge in [0.2, 0.25) is 0 Å². The summed E-state index contributed by atoms with van der Waals surface area (Å²) in [7, 11) is 0. The Morgan fingerprint density at radius 2 is 2.19 bits per heavy atom. The number of hydrogen-bond donors (Lipinski definition) is 2. The smallest absolute Gasteiger partial charge is 0.252 e. The normalized spacial score (nSPS) is 23.7. The topological polar surface area (TPSA) is 55.1 Å². The molecule has 16 heavy (non-hydrogen) atoms. The van der Waals surface area contributed by atoms with Crippen LogP contribution in [-0.4, -0.2) is 18.0 Å². The minimum absolute atomic E-state index is 0.123. The monoisotopic (exact) mass is 286 g/mol. The summed E-state index contributed by atoms with van der Waals surface area (Å²) >= 11 is 3.22. The van der Waals surface area contributed by atoms with Crippen LogP contribution in [0.15, 0.2) is 22.7 Å². The van der Waals surface area contributed by atoms with E-state index >= 15 is 0 Å². The first-order valence-corrected chi connectivity index (χ1v) is 5.87. The maximum Gasteiger partial charge on any atom is 0.252 e. The molecule has 0 atom stereocenters. The first kappa shape index (κ1) is 11.5. The zero-order chi connectivity index (χ0) is 11.7. The van der Waals surface area contributed by atoms with Crippen molar-refractivity contribution in [3.63, 3.8) is 0 Å². The summed E-state index contributed by atoms with van der Waals surface area (Å²) in [6, 6.07) is 4.36. The number of carbonyl (C=O) groups is 1. The number of amides is 1. The summed E-state index contributed by atoms with van der Waals surface area (Å²) in [5, 5.41) is 2.82. The molecule has 0 spiro atoms. The lowest BCUT2D eigenvalue weighted by molar-refractivity contribution is 0.0909. The molecule has 0 aliphatic heterocycles. The van der Waals surface area contributed by atoms with Crippen LogP contribution < -0.4 is 11.1 Å².